The maximum atomic E-state index is 12.9. The number of methoxy groups -OCH3 is 1. The summed E-state index contributed by atoms with van der Waals surface area (Å²) in [5.41, 5.74) is 0.552. The maximum absolute atomic E-state index is 12.9. The number of carboxylic acid groups (broad SMARTS) is 1. The Labute approximate surface area is 159 Å². The molecule has 6 heteroatoms. The van der Waals surface area contributed by atoms with E-state index >= 15 is 0 Å². The van der Waals surface area contributed by atoms with Gasteiger partial charge in [-0.2, -0.15) is 0 Å². The van der Waals surface area contributed by atoms with E-state index in [0.29, 0.717) is 5.56 Å². The molecular formula is C21H28O6. The SMILES string of the molecule is C=C(C)C1CC(=O)c2c(O)c(C(C)C)c(OC)c(O)c2C1(C)CCC(=O)O. The van der Waals surface area contributed by atoms with Gasteiger partial charge in [0.05, 0.1) is 12.7 Å². The van der Waals surface area contributed by atoms with Crippen molar-refractivity contribution < 1.29 is 29.6 Å². The summed E-state index contributed by atoms with van der Waals surface area (Å²) in [4.78, 5) is 24.1. The summed E-state index contributed by atoms with van der Waals surface area (Å²) >= 11 is 0. The average molecular weight is 376 g/mol. The highest BCUT2D eigenvalue weighted by molar-refractivity contribution is 6.04. The second-order valence-electron chi connectivity index (χ2n) is 7.89. The van der Waals surface area contributed by atoms with Crippen LogP contribution in [-0.2, 0) is 10.2 Å². The van der Waals surface area contributed by atoms with Crippen molar-refractivity contribution in [3.63, 3.8) is 0 Å². The predicted molar refractivity (Wildman–Crippen MR) is 102 cm³/mol. The van der Waals surface area contributed by atoms with Crippen LogP contribution in [0.5, 0.6) is 17.2 Å². The van der Waals surface area contributed by atoms with Gasteiger partial charge >= 0.3 is 5.97 Å². The molecule has 1 aromatic rings. The Morgan fingerprint density at radius 1 is 1.33 bits per heavy atom. The highest BCUT2D eigenvalue weighted by Crippen LogP contribution is 2.57. The normalized spacial score (nSPS) is 21.9. The summed E-state index contributed by atoms with van der Waals surface area (Å²) in [6.45, 7) is 11.2. The molecule has 0 fully saturated rings. The molecular weight excluding hydrogens is 348 g/mol. The van der Waals surface area contributed by atoms with Crippen molar-refractivity contribution in [3.05, 3.63) is 28.8 Å². The van der Waals surface area contributed by atoms with E-state index in [2.05, 4.69) is 6.58 Å². The fourth-order valence-corrected chi connectivity index (χ4v) is 4.36. The van der Waals surface area contributed by atoms with E-state index in [1.165, 1.54) is 7.11 Å². The van der Waals surface area contributed by atoms with Crippen molar-refractivity contribution >= 4 is 11.8 Å². The number of phenolic OH excluding ortho intramolecular Hbond substituents is 2. The molecule has 2 unspecified atom stereocenters. The number of hydrogen-bond donors (Lipinski definition) is 3. The van der Waals surface area contributed by atoms with Crippen molar-refractivity contribution in [1.82, 2.24) is 0 Å². The monoisotopic (exact) mass is 376 g/mol. The lowest BCUT2D eigenvalue weighted by molar-refractivity contribution is -0.137. The minimum absolute atomic E-state index is 0.0717. The number of Topliss-reactive ketones (excluding diaryl/α,β-unsaturated/α-hetero) is 1. The second-order valence-corrected chi connectivity index (χ2v) is 7.89. The first-order chi connectivity index (χ1) is 12.5. The van der Waals surface area contributed by atoms with Gasteiger partial charge in [-0.3, -0.25) is 9.59 Å². The van der Waals surface area contributed by atoms with E-state index in [1.54, 1.807) is 6.92 Å². The smallest absolute Gasteiger partial charge is 0.303 e. The first-order valence-corrected chi connectivity index (χ1v) is 9.03. The Bertz CT molecular complexity index is 808. The van der Waals surface area contributed by atoms with E-state index < -0.39 is 11.4 Å². The number of rotatable bonds is 6. The minimum Gasteiger partial charge on any atom is -0.507 e. The van der Waals surface area contributed by atoms with Crippen LogP contribution in [0.15, 0.2) is 12.2 Å². The quantitative estimate of drug-likeness (QED) is 0.509. The Kier molecular flexibility index (Phi) is 5.59. The Hall–Kier alpha value is -2.50. The zero-order chi connectivity index (χ0) is 20.7. The van der Waals surface area contributed by atoms with Crippen LogP contribution >= 0.6 is 0 Å². The Balaban J connectivity index is 2.90. The van der Waals surface area contributed by atoms with Gasteiger partial charge < -0.3 is 20.1 Å². The zero-order valence-electron chi connectivity index (χ0n) is 16.5. The lowest BCUT2D eigenvalue weighted by atomic mass is 9.59. The molecule has 0 radical (unpaired) electrons. The predicted octanol–water partition coefficient (Wildman–Crippen LogP) is 4.13. The molecule has 6 nitrogen and oxygen atoms in total. The highest BCUT2D eigenvalue weighted by atomic mass is 16.5. The van der Waals surface area contributed by atoms with Crippen molar-refractivity contribution in [1.29, 1.82) is 0 Å². The molecule has 27 heavy (non-hydrogen) atoms. The second kappa shape index (κ2) is 7.25. The Morgan fingerprint density at radius 2 is 1.93 bits per heavy atom. The standard InChI is InChI=1S/C21H28O6/c1-10(2)12-9-13(22)16-17(21(12,5)8-7-14(23)24)19(26)20(27-6)15(11(3)4)18(16)25/h11-12,25-26H,1,7-9H2,2-6H3,(H,23,24). The molecule has 2 atom stereocenters. The largest absolute Gasteiger partial charge is 0.507 e. The van der Waals surface area contributed by atoms with Crippen molar-refractivity contribution in [2.45, 2.75) is 58.3 Å². The number of hydrogen-bond acceptors (Lipinski definition) is 5. The summed E-state index contributed by atoms with van der Waals surface area (Å²) in [5.74, 6) is -2.07. The summed E-state index contributed by atoms with van der Waals surface area (Å²) in [7, 11) is 1.39. The first kappa shape index (κ1) is 20.8. The minimum atomic E-state index is -0.968. The van der Waals surface area contributed by atoms with Gasteiger partial charge in [0.2, 0.25) is 0 Å². The molecule has 0 spiro atoms. The molecule has 1 aliphatic carbocycles. The van der Waals surface area contributed by atoms with Gasteiger partial charge in [-0.25, -0.2) is 0 Å². The number of ketones is 1. The summed E-state index contributed by atoms with van der Waals surface area (Å²) in [6, 6.07) is 0. The van der Waals surface area contributed by atoms with Crippen molar-refractivity contribution in [2.24, 2.45) is 5.92 Å². The Morgan fingerprint density at radius 3 is 2.37 bits per heavy atom. The number of aliphatic carboxylic acids is 1. The number of carbonyl (C=O) groups excluding carboxylic acids is 1. The van der Waals surface area contributed by atoms with Gasteiger partial charge in [-0.05, 0) is 25.2 Å². The molecule has 2 rings (SSSR count). The van der Waals surface area contributed by atoms with Crippen LogP contribution in [0.4, 0.5) is 0 Å². The van der Waals surface area contributed by atoms with Crippen LogP contribution in [0.3, 0.4) is 0 Å². The summed E-state index contributed by atoms with van der Waals surface area (Å²) in [5, 5.41) is 31.1. The molecule has 3 N–H and O–H groups in total. The van der Waals surface area contributed by atoms with Gasteiger partial charge in [0.15, 0.2) is 17.3 Å². The van der Waals surface area contributed by atoms with E-state index in [-0.39, 0.29) is 65.3 Å². The molecule has 0 amide bonds. The van der Waals surface area contributed by atoms with E-state index in [4.69, 9.17) is 4.74 Å². The third kappa shape index (κ3) is 3.29. The average Bonchev–Trinajstić information content (AvgIpc) is 2.57. The zero-order valence-corrected chi connectivity index (χ0v) is 16.5. The van der Waals surface area contributed by atoms with Crippen LogP contribution in [0, 0.1) is 5.92 Å². The number of ether oxygens (including phenoxy) is 1. The number of carboxylic acids is 1. The number of fused-ring (bicyclic) bond motifs is 1. The van der Waals surface area contributed by atoms with Gasteiger partial charge in [-0.1, -0.05) is 32.9 Å². The topological polar surface area (TPSA) is 104 Å². The van der Waals surface area contributed by atoms with Crippen LogP contribution < -0.4 is 4.74 Å². The molecule has 0 saturated heterocycles. The van der Waals surface area contributed by atoms with Gasteiger partial charge in [0.25, 0.3) is 0 Å². The van der Waals surface area contributed by atoms with Gasteiger partial charge in [0, 0.05) is 29.4 Å². The van der Waals surface area contributed by atoms with E-state index in [0.717, 1.165) is 5.57 Å². The maximum Gasteiger partial charge on any atom is 0.303 e. The molecule has 0 bridgehead atoms. The van der Waals surface area contributed by atoms with E-state index in [1.807, 2.05) is 20.8 Å². The molecule has 1 aliphatic rings. The first-order valence-electron chi connectivity index (χ1n) is 9.03. The lowest BCUT2D eigenvalue weighted by Crippen LogP contribution is -2.40. The molecule has 1 aromatic carbocycles. The van der Waals surface area contributed by atoms with Crippen LogP contribution in [-0.4, -0.2) is 34.2 Å². The van der Waals surface area contributed by atoms with Crippen molar-refractivity contribution in [2.75, 3.05) is 7.11 Å². The lowest BCUT2D eigenvalue weighted by Gasteiger charge is -2.44. The molecule has 0 saturated carbocycles. The summed E-state index contributed by atoms with van der Waals surface area (Å²) < 4.78 is 5.37. The van der Waals surface area contributed by atoms with Crippen LogP contribution in [0.2, 0.25) is 0 Å². The third-order valence-electron chi connectivity index (χ3n) is 5.68. The van der Waals surface area contributed by atoms with E-state index in [9.17, 15) is 24.9 Å². The third-order valence-corrected chi connectivity index (χ3v) is 5.68. The van der Waals surface area contributed by atoms with Crippen LogP contribution in [0.25, 0.3) is 0 Å². The molecule has 0 aromatic heterocycles. The number of phenols is 2. The molecule has 0 aliphatic heterocycles. The van der Waals surface area contributed by atoms with Crippen LogP contribution in [0.1, 0.15) is 74.4 Å². The fourth-order valence-electron chi connectivity index (χ4n) is 4.36. The van der Waals surface area contributed by atoms with Gasteiger partial charge in [0.1, 0.15) is 5.75 Å². The molecule has 148 valence electrons. The summed E-state index contributed by atoms with van der Waals surface area (Å²) in [6.07, 6.45) is 0.162. The highest BCUT2D eigenvalue weighted by Gasteiger charge is 2.48. The van der Waals surface area contributed by atoms with Crippen molar-refractivity contribution in [3.8, 4) is 17.2 Å². The number of benzene rings is 1. The fraction of sp³-hybridized carbons (Fsp3) is 0.524. The number of aromatic hydroxyl groups is 2. The number of carbonyl (C=O) groups is 2. The number of allylic oxidation sites excluding steroid dienone is 1. The van der Waals surface area contributed by atoms with Gasteiger partial charge in [-0.15, -0.1) is 0 Å². The molecule has 0 heterocycles.